The summed E-state index contributed by atoms with van der Waals surface area (Å²) in [6.07, 6.45) is 2.92. The summed E-state index contributed by atoms with van der Waals surface area (Å²) in [5, 5.41) is 11.2. The van der Waals surface area contributed by atoms with Gasteiger partial charge in [0.2, 0.25) is 0 Å². The Hall–Kier alpha value is -3.88. The number of alkyl halides is 2. The lowest BCUT2D eigenvalue weighted by molar-refractivity contribution is -0.0498. The van der Waals surface area contributed by atoms with Gasteiger partial charge in [-0.2, -0.15) is 8.78 Å². The van der Waals surface area contributed by atoms with E-state index in [0.29, 0.717) is 17.0 Å². The third kappa shape index (κ3) is 3.95. The lowest BCUT2D eigenvalue weighted by Crippen LogP contribution is -2.28. The number of nitrogens with one attached hydrogen (secondary N) is 1. The smallest absolute Gasteiger partial charge is 0.387 e. The molecule has 0 bridgehead atoms. The molecular formula is C21H17F2N5O2. The van der Waals surface area contributed by atoms with Gasteiger partial charge >= 0.3 is 6.61 Å². The van der Waals surface area contributed by atoms with Crippen molar-refractivity contribution in [2.24, 2.45) is 0 Å². The Morgan fingerprint density at radius 1 is 1.03 bits per heavy atom. The van der Waals surface area contributed by atoms with Crippen molar-refractivity contribution < 1.29 is 18.3 Å². The average Bonchev–Trinajstić information content (AvgIpc) is 3.18. The highest BCUT2D eigenvalue weighted by atomic mass is 19.3. The first-order chi connectivity index (χ1) is 14.5. The van der Waals surface area contributed by atoms with Crippen molar-refractivity contribution in [2.75, 3.05) is 0 Å². The van der Waals surface area contributed by atoms with Crippen molar-refractivity contribution in [2.45, 2.75) is 19.6 Å². The van der Waals surface area contributed by atoms with Gasteiger partial charge in [-0.3, -0.25) is 14.2 Å². The Bertz CT molecular complexity index is 1160. The number of hydrogen-bond donors (Lipinski definition) is 1. The van der Waals surface area contributed by atoms with Gasteiger partial charge in [0.05, 0.1) is 18.4 Å². The van der Waals surface area contributed by atoms with E-state index in [1.54, 1.807) is 16.5 Å². The minimum absolute atomic E-state index is 0.0267. The zero-order valence-corrected chi connectivity index (χ0v) is 15.9. The number of fused-ring (bicyclic) bond motifs is 1. The van der Waals surface area contributed by atoms with Crippen LogP contribution in [0.2, 0.25) is 0 Å². The number of hydrogen-bond acceptors (Lipinski definition) is 5. The Morgan fingerprint density at radius 2 is 1.77 bits per heavy atom. The minimum Gasteiger partial charge on any atom is -0.435 e. The lowest BCUT2D eigenvalue weighted by atomic mass is 10.1. The van der Waals surface area contributed by atoms with E-state index in [1.807, 2.05) is 37.3 Å². The van der Waals surface area contributed by atoms with Crippen LogP contribution in [0, 0.1) is 0 Å². The van der Waals surface area contributed by atoms with Gasteiger partial charge in [0, 0.05) is 5.56 Å². The lowest BCUT2D eigenvalue weighted by Gasteiger charge is -2.15. The highest BCUT2D eigenvalue weighted by Gasteiger charge is 2.19. The fourth-order valence-corrected chi connectivity index (χ4v) is 3.08. The van der Waals surface area contributed by atoms with Crippen LogP contribution in [0.25, 0.3) is 17.0 Å². The number of carbonyl (C=O) groups excluding carboxylic acids is 1. The Kier molecular flexibility index (Phi) is 5.34. The summed E-state index contributed by atoms with van der Waals surface area (Å²) in [5.74, 6) is 0.0653. The molecule has 1 atom stereocenters. The maximum absolute atomic E-state index is 13.0. The van der Waals surface area contributed by atoms with Crippen LogP contribution in [-0.2, 0) is 0 Å². The molecular weight excluding hydrogens is 392 g/mol. The van der Waals surface area contributed by atoms with E-state index in [4.69, 9.17) is 0 Å². The van der Waals surface area contributed by atoms with Crippen LogP contribution in [0.1, 0.15) is 29.0 Å². The van der Waals surface area contributed by atoms with E-state index in [2.05, 4.69) is 25.2 Å². The molecule has 7 nitrogen and oxygen atoms in total. The maximum Gasteiger partial charge on any atom is 0.387 e. The van der Waals surface area contributed by atoms with E-state index in [0.717, 1.165) is 5.56 Å². The van der Waals surface area contributed by atoms with Crippen LogP contribution in [0.3, 0.4) is 0 Å². The molecule has 2 aromatic carbocycles. The van der Waals surface area contributed by atoms with E-state index in [1.165, 1.54) is 24.5 Å². The van der Waals surface area contributed by atoms with Crippen molar-refractivity contribution >= 4 is 11.6 Å². The van der Waals surface area contributed by atoms with Gasteiger partial charge in [0.1, 0.15) is 11.4 Å². The predicted molar refractivity (Wildman–Crippen MR) is 105 cm³/mol. The second kappa shape index (κ2) is 8.24. The monoisotopic (exact) mass is 409 g/mol. The second-order valence-electron chi connectivity index (χ2n) is 6.52. The molecule has 1 amide bonds. The van der Waals surface area contributed by atoms with E-state index in [-0.39, 0.29) is 23.4 Å². The normalized spacial score (nSPS) is 12.1. The highest BCUT2D eigenvalue weighted by Crippen LogP contribution is 2.24. The largest absolute Gasteiger partial charge is 0.435 e. The molecule has 4 rings (SSSR count). The SMILES string of the molecule is C[C@@H](NC(=O)c1cncc2nnc(-c3ccc(OC(F)F)cc3)n12)c1ccccc1. The molecule has 0 fully saturated rings. The van der Waals surface area contributed by atoms with Crippen LogP contribution in [0.5, 0.6) is 5.75 Å². The van der Waals surface area contributed by atoms with Gasteiger partial charge in [0.15, 0.2) is 11.5 Å². The molecule has 4 aromatic rings. The molecule has 30 heavy (non-hydrogen) atoms. The van der Waals surface area contributed by atoms with Crippen LogP contribution < -0.4 is 10.1 Å². The fourth-order valence-electron chi connectivity index (χ4n) is 3.08. The van der Waals surface area contributed by atoms with E-state index >= 15 is 0 Å². The highest BCUT2D eigenvalue weighted by molar-refractivity contribution is 5.93. The van der Waals surface area contributed by atoms with Crippen molar-refractivity contribution in [3.05, 3.63) is 78.2 Å². The summed E-state index contributed by atoms with van der Waals surface area (Å²) in [7, 11) is 0. The first-order valence-electron chi connectivity index (χ1n) is 9.13. The Balaban J connectivity index is 1.66. The zero-order chi connectivity index (χ0) is 21.1. The van der Waals surface area contributed by atoms with Gasteiger partial charge < -0.3 is 10.1 Å². The summed E-state index contributed by atoms with van der Waals surface area (Å²) in [5.41, 5.74) is 2.19. The fraction of sp³-hybridized carbons (Fsp3) is 0.143. The van der Waals surface area contributed by atoms with Crippen LogP contribution in [-0.4, -0.2) is 32.1 Å². The third-order valence-electron chi connectivity index (χ3n) is 4.53. The number of halogens is 2. The molecule has 0 spiro atoms. The molecule has 2 heterocycles. The topological polar surface area (TPSA) is 81.4 Å². The number of rotatable bonds is 6. The molecule has 0 radical (unpaired) electrons. The zero-order valence-electron chi connectivity index (χ0n) is 15.9. The molecule has 0 aliphatic heterocycles. The molecule has 0 saturated heterocycles. The first kappa shape index (κ1) is 19.4. The molecule has 0 unspecified atom stereocenters. The maximum atomic E-state index is 13.0. The van der Waals surface area contributed by atoms with Gasteiger partial charge in [-0.15, -0.1) is 10.2 Å². The molecule has 1 N–H and O–H groups in total. The number of aromatic nitrogens is 4. The van der Waals surface area contributed by atoms with Crippen LogP contribution in [0.15, 0.2) is 67.0 Å². The van der Waals surface area contributed by atoms with Crippen molar-refractivity contribution in [1.29, 1.82) is 0 Å². The predicted octanol–water partition coefficient (Wildman–Crippen LogP) is 3.88. The molecule has 0 aliphatic carbocycles. The average molecular weight is 409 g/mol. The summed E-state index contributed by atoms with van der Waals surface area (Å²) in [4.78, 5) is 17.0. The van der Waals surface area contributed by atoms with Crippen molar-refractivity contribution in [3.8, 4) is 17.1 Å². The number of benzene rings is 2. The summed E-state index contributed by atoms with van der Waals surface area (Å²) >= 11 is 0. The van der Waals surface area contributed by atoms with Gasteiger partial charge in [0.25, 0.3) is 5.91 Å². The number of ether oxygens (including phenoxy) is 1. The molecule has 2 aromatic heterocycles. The third-order valence-corrected chi connectivity index (χ3v) is 4.53. The van der Waals surface area contributed by atoms with Crippen molar-refractivity contribution in [1.82, 2.24) is 24.9 Å². The number of nitrogens with zero attached hydrogens (tertiary/aromatic N) is 4. The second-order valence-corrected chi connectivity index (χ2v) is 6.52. The quantitative estimate of drug-likeness (QED) is 0.523. The first-order valence-corrected chi connectivity index (χ1v) is 9.13. The van der Waals surface area contributed by atoms with E-state index < -0.39 is 6.61 Å². The van der Waals surface area contributed by atoms with Gasteiger partial charge in [-0.05, 0) is 36.8 Å². The van der Waals surface area contributed by atoms with Crippen molar-refractivity contribution in [3.63, 3.8) is 0 Å². The minimum atomic E-state index is -2.90. The molecule has 0 saturated carbocycles. The van der Waals surface area contributed by atoms with Gasteiger partial charge in [-0.25, -0.2) is 0 Å². The van der Waals surface area contributed by atoms with Crippen LogP contribution >= 0.6 is 0 Å². The molecule has 9 heteroatoms. The molecule has 0 aliphatic rings. The summed E-state index contributed by atoms with van der Waals surface area (Å²) in [6.45, 7) is -1.02. The number of carbonyl (C=O) groups is 1. The Morgan fingerprint density at radius 3 is 2.47 bits per heavy atom. The van der Waals surface area contributed by atoms with Gasteiger partial charge in [-0.1, -0.05) is 30.3 Å². The summed E-state index contributed by atoms with van der Waals surface area (Å²) in [6, 6.07) is 15.3. The Labute approximate surface area is 170 Å². The van der Waals surface area contributed by atoms with E-state index in [9.17, 15) is 13.6 Å². The number of amides is 1. The van der Waals surface area contributed by atoms with Crippen LogP contribution in [0.4, 0.5) is 8.78 Å². The standard InChI is InChI=1S/C21H17F2N5O2/c1-13(14-5-3-2-4-6-14)25-20(29)17-11-24-12-18-26-27-19(28(17)18)15-7-9-16(10-8-15)30-21(22)23/h2-13,21H,1H3,(H,25,29)/t13-/m1/s1. The summed E-state index contributed by atoms with van der Waals surface area (Å²) < 4.78 is 30.7. The molecule has 152 valence electrons.